The van der Waals surface area contributed by atoms with Gasteiger partial charge in [0.25, 0.3) is 5.91 Å². The number of benzene rings is 2. The van der Waals surface area contributed by atoms with Crippen LogP contribution in [0.3, 0.4) is 0 Å². The van der Waals surface area contributed by atoms with E-state index in [-0.39, 0.29) is 28.6 Å². The summed E-state index contributed by atoms with van der Waals surface area (Å²) in [5.74, 6) is -0.632. The molecule has 1 aromatic heterocycles. The lowest BCUT2D eigenvalue weighted by atomic mass is 9.97. The second-order valence-electron chi connectivity index (χ2n) is 6.98. The molecule has 1 amide bonds. The molecule has 31 heavy (non-hydrogen) atoms. The highest BCUT2D eigenvalue weighted by atomic mass is 35.5. The van der Waals surface area contributed by atoms with Gasteiger partial charge in [0, 0.05) is 22.5 Å². The van der Waals surface area contributed by atoms with E-state index in [0.29, 0.717) is 15.6 Å². The van der Waals surface area contributed by atoms with Gasteiger partial charge >= 0.3 is 6.18 Å². The summed E-state index contributed by atoms with van der Waals surface area (Å²) in [6, 6.07) is 9.76. The van der Waals surface area contributed by atoms with Crippen molar-refractivity contribution in [1.29, 1.82) is 0 Å². The Morgan fingerprint density at radius 1 is 1.06 bits per heavy atom. The van der Waals surface area contributed by atoms with Gasteiger partial charge in [-0.1, -0.05) is 46.9 Å². The SMILES string of the molecule is O=C(Nc1cc(Cl)ccc1Cl)c1cc2n(n1)C(C(F)(F)F)CC(c1ccc(Cl)cc1)N2. The smallest absolute Gasteiger partial charge is 0.363 e. The third-order valence-corrected chi connectivity index (χ3v) is 5.69. The lowest BCUT2D eigenvalue weighted by Gasteiger charge is -2.33. The van der Waals surface area contributed by atoms with Crippen molar-refractivity contribution in [2.75, 3.05) is 10.6 Å². The topological polar surface area (TPSA) is 59.0 Å². The Bertz CT molecular complexity index is 1130. The molecular formula is C20H14Cl3F3N4O. The maximum absolute atomic E-state index is 13.8. The van der Waals surface area contributed by atoms with Gasteiger partial charge in [0.05, 0.1) is 16.8 Å². The number of anilines is 2. The van der Waals surface area contributed by atoms with Gasteiger partial charge in [-0.25, -0.2) is 4.68 Å². The molecule has 0 aliphatic carbocycles. The Hall–Kier alpha value is -2.42. The van der Waals surface area contributed by atoms with Crippen molar-refractivity contribution in [2.24, 2.45) is 0 Å². The molecule has 0 bridgehead atoms. The predicted octanol–water partition coefficient (Wildman–Crippen LogP) is 6.76. The Labute approximate surface area is 190 Å². The summed E-state index contributed by atoms with van der Waals surface area (Å²) in [7, 11) is 0. The van der Waals surface area contributed by atoms with Gasteiger partial charge in [-0.3, -0.25) is 4.79 Å². The second kappa shape index (κ2) is 8.26. The monoisotopic (exact) mass is 488 g/mol. The Morgan fingerprint density at radius 2 is 1.74 bits per heavy atom. The summed E-state index contributed by atoms with van der Waals surface area (Å²) < 4.78 is 42.1. The van der Waals surface area contributed by atoms with Crippen molar-refractivity contribution in [3.63, 3.8) is 0 Å². The fourth-order valence-electron chi connectivity index (χ4n) is 3.38. The molecule has 162 valence electrons. The summed E-state index contributed by atoms with van der Waals surface area (Å²) in [4.78, 5) is 12.6. The molecule has 4 rings (SSSR count). The van der Waals surface area contributed by atoms with Crippen LogP contribution in [0.25, 0.3) is 0 Å². The zero-order valence-electron chi connectivity index (χ0n) is 15.6. The van der Waals surface area contributed by atoms with Crippen molar-refractivity contribution < 1.29 is 18.0 Å². The molecule has 0 spiro atoms. The molecule has 1 aliphatic rings. The minimum atomic E-state index is -4.56. The first kappa shape index (κ1) is 21.8. The Morgan fingerprint density at radius 3 is 2.42 bits per heavy atom. The lowest BCUT2D eigenvalue weighted by Crippen LogP contribution is -2.35. The highest BCUT2D eigenvalue weighted by Crippen LogP contribution is 2.43. The normalized spacial score (nSPS) is 18.3. The first-order chi connectivity index (χ1) is 14.6. The van der Waals surface area contributed by atoms with Crippen LogP contribution >= 0.6 is 34.8 Å². The van der Waals surface area contributed by atoms with E-state index < -0.39 is 24.2 Å². The maximum Gasteiger partial charge on any atom is 0.410 e. The van der Waals surface area contributed by atoms with Crippen LogP contribution in [0.1, 0.15) is 34.6 Å². The van der Waals surface area contributed by atoms with E-state index in [1.54, 1.807) is 30.3 Å². The molecule has 2 unspecified atom stereocenters. The van der Waals surface area contributed by atoms with E-state index in [1.165, 1.54) is 18.2 Å². The number of nitrogens with one attached hydrogen (secondary N) is 2. The molecular weight excluding hydrogens is 476 g/mol. The standard InChI is InChI=1S/C20H14Cl3F3N4O/c21-11-3-1-10(2-4-11)14-8-17(20(24,25)26)30-18(27-14)9-16(29-30)19(31)28-15-7-12(22)5-6-13(15)23/h1-7,9,14,17,27H,8H2,(H,28,31). The average molecular weight is 490 g/mol. The third kappa shape index (κ3) is 4.61. The zero-order chi connectivity index (χ0) is 22.3. The van der Waals surface area contributed by atoms with E-state index in [4.69, 9.17) is 34.8 Å². The Balaban J connectivity index is 1.65. The molecule has 3 aromatic rings. The van der Waals surface area contributed by atoms with Crippen molar-refractivity contribution >= 4 is 52.2 Å². The van der Waals surface area contributed by atoms with Crippen LogP contribution < -0.4 is 10.6 Å². The number of fused-ring (bicyclic) bond motifs is 1. The Kier molecular flexibility index (Phi) is 5.81. The number of carbonyl (C=O) groups excluding carboxylic acids is 1. The van der Waals surface area contributed by atoms with Crippen LogP contribution in [0.2, 0.25) is 15.1 Å². The van der Waals surface area contributed by atoms with E-state index in [2.05, 4.69) is 15.7 Å². The zero-order valence-corrected chi connectivity index (χ0v) is 17.8. The van der Waals surface area contributed by atoms with Crippen LogP contribution in [0.15, 0.2) is 48.5 Å². The number of aromatic nitrogens is 2. The molecule has 11 heteroatoms. The van der Waals surface area contributed by atoms with Gasteiger partial charge in [-0.05, 0) is 35.9 Å². The quantitative estimate of drug-likeness (QED) is 0.427. The van der Waals surface area contributed by atoms with Crippen molar-refractivity contribution in [1.82, 2.24) is 9.78 Å². The molecule has 0 fully saturated rings. The van der Waals surface area contributed by atoms with Crippen LogP contribution in [-0.4, -0.2) is 21.9 Å². The maximum atomic E-state index is 13.8. The molecule has 2 heterocycles. The van der Waals surface area contributed by atoms with Crippen LogP contribution in [0.5, 0.6) is 0 Å². The summed E-state index contributed by atoms with van der Waals surface area (Å²) >= 11 is 17.8. The molecule has 0 saturated carbocycles. The number of hydrogen-bond donors (Lipinski definition) is 2. The summed E-state index contributed by atoms with van der Waals surface area (Å²) in [6.45, 7) is 0. The minimum absolute atomic E-state index is 0.0795. The molecule has 0 saturated heterocycles. The number of alkyl halides is 3. The summed E-state index contributed by atoms with van der Waals surface area (Å²) in [5.41, 5.74) is 0.678. The summed E-state index contributed by atoms with van der Waals surface area (Å²) in [5, 5.41) is 10.5. The van der Waals surface area contributed by atoms with Gasteiger partial charge in [0.2, 0.25) is 0 Å². The third-order valence-electron chi connectivity index (χ3n) is 4.87. The van der Waals surface area contributed by atoms with Crippen molar-refractivity contribution in [2.45, 2.75) is 24.7 Å². The molecule has 0 radical (unpaired) electrons. The summed E-state index contributed by atoms with van der Waals surface area (Å²) in [6.07, 6.45) is -4.85. The first-order valence-electron chi connectivity index (χ1n) is 9.06. The highest BCUT2D eigenvalue weighted by molar-refractivity contribution is 6.35. The number of rotatable bonds is 3. The fourth-order valence-corrected chi connectivity index (χ4v) is 3.84. The van der Waals surface area contributed by atoms with E-state index in [1.807, 2.05) is 0 Å². The van der Waals surface area contributed by atoms with Gasteiger partial charge < -0.3 is 10.6 Å². The van der Waals surface area contributed by atoms with Gasteiger partial charge in [0.15, 0.2) is 11.7 Å². The van der Waals surface area contributed by atoms with E-state index >= 15 is 0 Å². The average Bonchev–Trinajstić information content (AvgIpc) is 3.14. The first-order valence-corrected chi connectivity index (χ1v) is 10.2. The lowest BCUT2D eigenvalue weighted by molar-refractivity contribution is -0.173. The van der Waals surface area contributed by atoms with Crippen LogP contribution in [-0.2, 0) is 0 Å². The van der Waals surface area contributed by atoms with E-state index in [9.17, 15) is 18.0 Å². The van der Waals surface area contributed by atoms with Crippen molar-refractivity contribution in [3.8, 4) is 0 Å². The van der Waals surface area contributed by atoms with Gasteiger partial charge in [-0.15, -0.1) is 0 Å². The fraction of sp³-hybridized carbons (Fsp3) is 0.200. The minimum Gasteiger partial charge on any atom is -0.363 e. The van der Waals surface area contributed by atoms with Gasteiger partial charge in [0.1, 0.15) is 5.82 Å². The number of hydrogen-bond acceptors (Lipinski definition) is 3. The second-order valence-corrected chi connectivity index (χ2v) is 8.26. The van der Waals surface area contributed by atoms with Crippen LogP contribution in [0, 0.1) is 0 Å². The molecule has 5 nitrogen and oxygen atoms in total. The highest BCUT2D eigenvalue weighted by Gasteiger charge is 2.46. The molecule has 2 aromatic carbocycles. The number of nitrogens with zero attached hydrogens (tertiary/aromatic N) is 2. The van der Waals surface area contributed by atoms with Crippen LogP contribution in [0.4, 0.5) is 24.7 Å². The molecule has 2 N–H and O–H groups in total. The number of amides is 1. The largest absolute Gasteiger partial charge is 0.410 e. The molecule has 1 aliphatic heterocycles. The number of halogens is 6. The van der Waals surface area contributed by atoms with Crippen molar-refractivity contribution in [3.05, 3.63) is 74.9 Å². The predicted molar refractivity (Wildman–Crippen MR) is 114 cm³/mol. The molecule has 2 atom stereocenters. The van der Waals surface area contributed by atoms with Gasteiger partial charge in [-0.2, -0.15) is 18.3 Å². The van der Waals surface area contributed by atoms with E-state index in [0.717, 1.165) is 4.68 Å². The number of carbonyl (C=O) groups is 1.